The van der Waals surface area contributed by atoms with E-state index < -0.39 is 6.10 Å². The molecule has 1 N–H and O–H groups in total. The molecule has 2 atom stereocenters. The van der Waals surface area contributed by atoms with E-state index in [9.17, 15) is 9.50 Å². The molecule has 21 heavy (non-hydrogen) atoms. The van der Waals surface area contributed by atoms with Crippen molar-refractivity contribution in [3.63, 3.8) is 0 Å². The van der Waals surface area contributed by atoms with E-state index in [1.165, 1.54) is 12.1 Å². The molecule has 3 rings (SSSR count). The van der Waals surface area contributed by atoms with Gasteiger partial charge in [0.15, 0.2) is 0 Å². The zero-order chi connectivity index (χ0) is 14.8. The van der Waals surface area contributed by atoms with Crippen LogP contribution in [-0.2, 0) is 11.3 Å². The van der Waals surface area contributed by atoms with Gasteiger partial charge in [-0.15, -0.1) is 0 Å². The molecule has 0 saturated carbocycles. The summed E-state index contributed by atoms with van der Waals surface area (Å²) in [5, 5.41) is 10.2. The van der Waals surface area contributed by atoms with Crippen LogP contribution in [0, 0.1) is 5.82 Å². The van der Waals surface area contributed by atoms with Crippen LogP contribution in [0.2, 0.25) is 0 Å². The molecular weight excluding hydrogens is 271 g/mol. The highest BCUT2D eigenvalue weighted by atomic mass is 19.1. The lowest BCUT2D eigenvalue weighted by Gasteiger charge is -2.30. The molecule has 110 valence electrons. The number of benzene rings is 2. The van der Waals surface area contributed by atoms with Crippen LogP contribution >= 0.6 is 0 Å². The summed E-state index contributed by atoms with van der Waals surface area (Å²) < 4.78 is 24.2. The van der Waals surface area contributed by atoms with Crippen molar-refractivity contribution < 1.29 is 19.0 Å². The van der Waals surface area contributed by atoms with E-state index in [2.05, 4.69) is 0 Å². The maximum atomic E-state index is 13.3. The minimum atomic E-state index is -0.641. The topological polar surface area (TPSA) is 38.7 Å². The summed E-state index contributed by atoms with van der Waals surface area (Å²) >= 11 is 0. The van der Waals surface area contributed by atoms with Gasteiger partial charge in [-0.05, 0) is 23.3 Å². The van der Waals surface area contributed by atoms with E-state index in [1.54, 1.807) is 13.2 Å². The van der Waals surface area contributed by atoms with Gasteiger partial charge < -0.3 is 14.6 Å². The fourth-order valence-corrected chi connectivity index (χ4v) is 2.62. The summed E-state index contributed by atoms with van der Waals surface area (Å²) in [5.41, 5.74) is 2.68. The summed E-state index contributed by atoms with van der Waals surface area (Å²) in [4.78, 5) is 0. The maximum absolute atomic E-state index is 13.3. The summed E-state index contributed by atoms with van der Waals surface area (Å²) in [5.74, 6) is 0.0526. The Morgan fingerprint density at radius 2 is 2.00 bits per heavy atom. The number of aliphatic hydroxyl groups excluding tert-OH is 1. The van der Waals surface area contributed by atoms with Gasteiger partial charge in [0.1, 0.15) is 17.7 Å². The quantitative estimate of drug-likeness (QED) is 0.939. The summed E-state index contributed by atoms with van der Waals surface area (Å²) in [6.45, 7) is 0.558. The fraction of sp³-hybridized carbons (Fsp3) is 0.294. The molecule has 0 aliphatic carbocycles. The van der Waals surface area contributed by atoms with Crippen LogP contribution in [0.25, 0.3) is 0 Å². The van der Waals surface area contributed by atoms with Gasteiger partial charge in [-0.3, -0.25) is 0 Å². The number of fused-ring (bicyclic) bond motifs is 1. The average Bonchev–Trinajstić information content (AvgIpc) is 2.48. The molecule has 1 heterocycles. The standard InChI is InChI=1S/C17H17FO3/c1-20-10-11-2-4-12(5-3-11)16-9-15(19)14-7-6-13(18)8-17(14)21-16/h2-8,15-16,19H,9-10H2,1H3/t15-,16?/m0/s1. The van der Waals surface area contributed by atoms with E-state index in [4.69, 9.17) is 9.47 Å². The second kappa shape index (κ2) is 5.84. The van der Waals surface area contributed by atoms with Gasteiger partial charge in [-0.25, -0.2) is 4.39 Å². The highest BCUT2D eigenvalue weighted by molar-refractivity contribution is 5.39. The predicted octanol–water partition coefficient (Wildman–Crippen LogP) is 3.53. The van der Waals surface area contributed by atoms with E-state index in [1.807, 2.05) is 24.3 Å². The zero-order valence-electron chi connectivity index (χ0n) is 11.8. The molecule has 4 heteroatoms. The van der Waals surface area contributed by atoms with Crippen molar-refractivity contribution in [2.45, 2.75) is 25.2 Å². The minimum Gasteiger partial charge on any atom is -0.485 e. The normalized spacial score (nSPS) is 20.7. The number of ether oxygens (including phenoxy) is 2. The van der Waals surface area contributed by atoms with Crippen LogP contribution in [0.15, 0.2) is 42.5 Å². The van der Waals surface area contributed by atoms with Crippen LogP contribution in [-0.4, -0.2) is 12.2 Å². The van der Waals surface area contributed by atoms with Gasteiger partial charge in [0.05, 0.1) is 12.7 Å². The molecular formula is C17H17FO3. The molecule has 0 aromatic heterocycles. The Balaban J connectivity index is 1.84. The maximum Gasteiger partial charge on any atom is 0.128 e. The van der Waals surface area contributed by atoms with Crippen molar-refractivity contribution in [2.24, 2.45) is 0 Å². The van der Waals surface area contributed by atoms with Gasteiger partial charge in [-0.2, -0.15) is 0 Å². The van der Waals surface area contributed by atoms with Crippen molar-refractivity contribution in [1.82, 2.24) is 0 Å². The van der Waals surface area contributed by atoms with E-state index in [0.717, 1.165) is 11.1 Å². The SMILES string of the molecule is COCc1ccc(C2C[C@H](O)c3ccc(F)cc3O2)cc1. The van der Waals surface area contributed by atoms with Crippen molar-refractivity contribution in [3.8, 4) is 5.75 Å². The Morgan fingerprint density at radius 1 is 1.24 bits per heavy atom. The lowest BCUT2D eigenvalue weighted by molar-refractivity contribution is 0.0653. The molecule has 1 aliphatic rings. The number of rotatable bonds is 3. The molecule has 1 unspecified atom stereocenters. The predicted molar refractivity (Wildman–Crippen MR) is 76.5 cm³/mol. The molecule has 0 fully saturated rings. The smallest absolute Gasteiger partial charge is 0.128 e. The number of aliphatic hydroxyl groups is 1. The fourth-order valence-electron chi connectivity index (χ4n) is 2.62. The Morgan fingerprint density at radius 3 is 2.71 bits per heavy atom. The van der Waals surface area contributed by atoms with Crippen molar-refractivity contribution in [1.29, 1.82) is 0 Å². The van der Waals surface area contributed by atoms with Crippen molar-refractivity contribution in [2.75, 3.05) is 7.11 Å². The van der Waals surface area contributed by atoms with E-state index >= 15 is 0 Å². The molecule has 1 aliphatic heterocycles. The average molecular weight is 288 g/mol. The Bertz CT molecular complexity index is 624. The van der Waals surface area contributed by atoms with Gasteiger partial charge in [-0.1, -0.05) is 24.3 Å². The third kappa shape index (κ3) is 2.91. The molecule has 0 spiro atoms. The first kappa shape index (κ1) is 14.0. The molecule has 2 aromatic rings. The molecule has 0 amide bonds. The molecule has 0 radical (unpaired) electrons. The summed E-state index contributed by atoms with van der Waals surface area (Å²) in [7, 11) is 1.65. The molecule has 2 aromatic carbocycles. The van der Waals surface area contributed by atoms with E-state index in [-0.39, 0.29) is 11.9 Å². The zero-order valence-corrected chi connectivity index (χ0v) is 11.8. The number of hydrogen-bond donors (Lipinski definition) is 1. The van der Waals surface area contributed by atoms with Crippen LogP contribution < -0.4 is 4.74 Å². The second-order valence-corrected chi connectivity index (χ2v) is 5.21. The monoisotopic (exact) mass is 288 g/mol. The Hall–Kier alpha value is -1.91. The molecule has 0 bridgehead atoms. The Labute approximate surface area is 122 Å². The third-order valence-corrected chi connectivity index (χ3v) is 3.70. The van der Waals surface area contributed by atoms with E-state index in [0.29, 0.717) is 24.3 Å². The molecule has 3 nitrogen and oxygen atoms in total. The lowest BCUT2D eigenvalue weighted by atomic mass is 9.94. The third-order valence-electron chi connectivity index (χ3n) is 3.70. The van der Waals surface area contributed by atoms with Gasteiger partial charge >= 0.3 is 0 Å². The van der Waals surface area contributed by atoms with Gasteiger partial charge in [0.2, 0.25) is 0 Å². The summed E-state index contributed by atoms with van der Waals surface area (Å²) in [6, 6.07) is 12.1. The van der Waals surface area contributed by atoms with Crippen LogP contribution in [0.1, 0.15) is 35.3 Å². The van der Waals surface area contributed by atoms with Crippen molar-refractivity contribution in [3.05, 3.63) is 65.0 Å². The number of hydrogen-bond acceptors (Lipinski definition) is 3. The first-order valence-electron chi connectivity index (χ1n) is 6.89. The van der Waals surface area contributed by atoms with Crippen molar-refractivity contribution >= 4 is 0 Å². The van der Waals surface area contributed by atoms with Gasteiger partial charge in [0.25, 0.3) is 0 Å². The first-order chi connectivity index (χ1) is 10.2. The van der Waals surface area contributed by atoms with Crippen LogP contribution in [0.4, 0.5) is 4.39 Å². The largest absolute Gasteiger partial charge is 0.485 e. The van der Waals surface area contributed by atoms with Crippen LogP contribution in [0.5, 0.6) is 5.75 Å². The van der Waals surface area contributed by atoms with Crippen LogP contribution in [0.3, 0.4) is 0 Å². The highest BCUT2D eigenvalue weighted by Crippen LogP contribution is 2.40. The highest BCUT2D eigenvalue weighted by Gasteiger charge is 2.28. The number of halogens is 1. The minimum absolute atomic E-state index is 0.272. The Kier molecular flexibility index (Phi) is 3.90. The van der Waals surface area contributed by atoms with Gasteiger partial charge in [0, 0.05) is 25.2 Å². The summed E-state index contributed by atoms with van der Waals surface area (Å²) in [6.07, 6.45) is -0.452. The second-order valence-electron chi connectivity index (χ2n) is 5.21. The molecule has 0 saturated heterocycles. The number of methoxy groups -OCH3 is 1. The lowest BCUT2D eigenvalue weighted by Crippen LogP contribution is -2.19. The first-order valence-corrected chi connectivity index (χ1v) is 6.89.